The van der Waals surface area contributed by atoms with Crippen molar-refractivity contribution in [3.8, 4) is 0 Å². The second-order valence-electron chi connectivity index (χ2n) is 3.71. The third-order valence-electron chi connectivity index (χ3n) is 2.51. The summed E-state index contributed by atoms with van der Waals surface area (Å²) in [4.78, 5) is 13.6. The minimum atomic E-state index is 0.154. The van der Waals surface area contributed by atoms with Crippen LogP contribution in [-0.2, 0) is 16.0 Å². The first-order valence-electron chi connectivity index (χ1n) is 5.26. The molecule has 1 aliphatic heterocycles. The SMILES string of the molecule is O=C(Cc1ccccc1)N1CCCOC1. The summed E-state index contributed by atoms with van der Waals surface area (Å²) in [5, 5.41) is 0. The lowest BCUT2D eigenvalue weighted by molar-refractivity contribution is -0.139. The molecule has 1 saturated heterocycles. The predicted molar refractivity (Wildman–Crippen MR) is 57.3 cm³/mol. The molecule has 1 heterocycles. The minimum Gasteiger partial charge on any atom is -0.361 e. The molecule has 0 N–H and O–H groups in total. The average molecular weight is 205 g/mol. The summed E-state index contributed by atoms with van der Waals surface area (Å²) >= 11 is 0. The Labute approximate surface area is 89.7 Å². The van der Waals surface area contributed by atoms with Crippen LogP contribution >= 0.6 is 0 Å². The molecule has 1 fully saturated rings. The lowest BCUT2D eigenvalue weighted by Crippen LogP contribution is -2.39. The molecule has 1 amide bonds. The summed E-state index contributed by atoms with van der Waals surface area (Å²) in [7, 11) is 0. The normalized spacial score (nSPS) is 16.4. The van der Waals surface area contributed by atoms with Crippen molar-refractivity contribution in [3.63, 3.8) is 0 Å². The molecule has 1 aromatic carbocycles. The van der Waals surface area contributed by atoms with Crippen LogP contribution in [0.2, 0.25) is 0 Å². The Hall–Kier alpha value is -1.35. The van der Waals surface area contributed by atoms with Gasteiger partial charge in [0, 0.05) is 6.54 Å². The molecule has 1 aliphatic rings. The van der Waals surface area contributed by atoms with E-state index in [1.807, 2.05) is 30.3 Å². The van der Waals surface area contributed by atoms with Crippen molar-refractivity contribution in [2.45, 2.75) is 12.8 Å². The highest BCUT2D eigenvalue weighted by molar-refractivity contribution is 5.78. The Kier molecular flexibility index (Phi) is 3.35. The quantitative estimate of drug-likeness (QED) is 0.731. The maximum absolute atomic E-state index is 11.8. The van der Waals surface area contributed by atoms with E-state index in [-0.39, 0.29) is 5.91 Å². The van der Waals surface area contributed by atoms with Crippen molar-refractivity contribution >= 4 is 5.91 Å². The summed E-state index contributed by atoms with van der Waals surface area (Å²) in [5.41, 5.74) is 1.06. The van der Waals surface area contributed by atoms with Gasteiger partial charge in [-0.05, 0) is 12.0 Å². The maximum Gasteiger partial charge on any atom is 0.228 e. The van der Waals surface area contributed by atoms with E-state index in [2.05, 4.69) is 0 Å². The fraction of sp³-hybridized carbons (Fsp3) is 0.417. The molecule has 0 aromatic heterocycles. The summed E-state index contributed by atoms with van der Waals surface area (Å²) in [6.07, 6.45) is 1.42. The molecule has 3 heteroatoms. The van der Waals surface area contributed by atoms with Gasteiger partial charge in [0.25, 0.3) is 0 Å². The summed E-state index contributed by atoms with van der Waals surface area (Å²) in [5.74, 6) is 0.154. The fourth-order valence-corrected chi connectivity index (χ4v) is 1.68. The van der Waals surface area contributed by atoms with Crippen LogP contribution in [0.4, 0.5) is 0 Å². The molecule has 15 heavy (non-hydrogen) atoms. The van der Waals surface area contributed by atoms with E-state index in [1.54, 1.807) is 4.90 Å². The van der Waals surface area contributed by atoms with Gasteiger partial charge < -0.3 is 9.64 Å². The summed E-state index contributed by atoms with van der Waals surface area (Å²) in [6, 6.07) is 9.81. The zero-order valence-electron chi connectivity index (χ0n) is 8.69. The van der Waals surface area contributed by atoms with E-state index in [4.69, 9.17) is 4.74 Å². The van der Waals surface area contributed by atoms with E-state index in [0.29, 0.717) is 13.2 Å². The molecule has 2 rings (SSSR count). The largest absolute Gasteiger partial charge is 0.361 e. The number of carbonyl (C=O) groups excluding carboxylic acids is 1. The van der Waals surface area contributed by atoms with Crippen LogP contribution in [0.15, 0.2) is 30.3 Å². The summed E-state index contributed by atoms with van der Waals surface area (Å²) < 4.78 is 5.25. The van der Waals surface area contributed by atoms with Gasteiger partial charge in [-0.3, -0.25) is 4.79 Å². The number of rotatable bonds is 2. The van der Waals surface area contributed by atoms with Crippen molar-refractivity contribution in [1.29, 1.82) is 0 Å². The molecule has 0 spiro atoms. The van der Waals surface area contributed by atoms with E-state index < -0.39 is 0 Å². The van der Waals surface area contributed by atoms with Crippen molar-refractivity contribution in [2.24, 2.45) is 0 Å². The zero-order chi connectivity index (χ0) is 10.5. The van der Waals surface area contributed by atoms with Crippen LogP contribution in [0.25, 0.3) is 0 Å². The molecule has 0 saturated carbocycles. The lowest BCUT2D eigenvalue weighted by atomic mass is 10.1. The van der Waals surface area contributed by atoms with Gasteiger partial charge in [0.05, 0.1) is 13.0 Å². The molecular formula is C12H15NO2. The highest BCUT2D eigenvalue weighted by Crippen LogP contribution is 2.06. The Bertz CT molecular complexity index is 318. The van der Waals surface area contributed by atoms with Crippen LogP contribution in [-0.4, -0.2) is 30.7 Å². The van der Waals surface area contributed by atoms with Crippen LogP contribution in [0.5, 0.6) is 0 Å². The van der Waals surface area contributed by atoms with E-state index >= 15 is 0 Å². The van der Waals surface area contributed by atoms with Crippen LogP contribution < -0.4 is 0 Å². The van der Waals surface area contributed by atoms with Crippen LogP contribution in [0.3, 0.4) is 0 Å². The molecular weight excluding hydrogens is 190 g/mol. The minimum absolute atomic E-state index is 0.154. The Morgan fingerprint density at radius 3 is 2.80 bits per heavy atom. The van der Waals surface area contributed by atoms with Gasteiger partial charge >= 0.3 is 0 Å². The second-order valence-corrected chi connectivity index (χ2v) is 3.71. The molecule has 3 nitrogen and oxygen atoms in total. The van der Waals surface area contributed by atoms with E-state index in [0.717, 1.165) is 25.1 Å². The van der Waals surface area contributed by atoms with Crippen LogP contribution in [0, 0.1) is 0 Å². The van der Waals surface area contributed by atoms with Gasteiger partial charge in [-0.25, -0.2) is 0 Å². The summed E-state index contributed by atoms with van der Waals surface area (Å²) in [6.45, 7) is 2.05. The molecule has 1 aromatic rings. The Morgan fingerprint density at radius 1 is 1.33 bits per heavy atom. The first kappa shape index (κ1) is 10.2. The van der Waals surface area contributed by atoms with Gasteiger partial charge in [0.1, 0.15) is 6.73 Å². The average Bonchev–Trinajstić information content (AvgIpc) is 2.31. The fourth-order valence-electron chi connectivity index (χ4n) is 1.68. The number of amides is 1. The van der Waals surface area contributed by atoms with Crippen LogP contribution in [0.1, 0.15) is 12.0 Å². The van der Waals surface area contributed by atoms with Gasteiger partial charge in [0.2, 0.25) is 5.91 Å². The molecule has 0 radical (unpaired) electrons. The number of hydrogen-bond donors (Lipinski definition) is 0. The molecule has 80 valence electrons. The Morgan fingerprint density at radius 2 is 2.13 bits per heavy atom. The van der Waals surface area contributed by atoms with Crippen molar-refractivity contribution in [3.05, 3.63) is 35.9 Å². The zero-order valence-corrected chi connectivity index (χ0v) is 8.69. The number of hydrogen-bond acceptors (Lipinski definition) is 2. The number of nitrogens with zero attached hydrogens (tertiary/aromatic N) is 1. The maximum atomic E-state index is 11.8. The lowest BCUT2D eigenvalue weighted by Gasteiger charge is -2.26. The first-order valence-corrected chi connectivity index (χ1v) is 5.26. The predicted octanol–water partition coefficient (Wildman–Crippen LogP) is 1.44. The number of benzene rings is 1. The standard InChI is InChI=1S/C12H15NO2/c14-12(13-7-4-8-15-10-13)9-11-5-2-1-3-6-11/h1-3,5-6H,4,7-10H2. The van der Waals surface area contributed by atoms with Crippen molar-refractivity contribution < 1.29 is 9.53 Å². The molecule has 0 unspecified atom stereocenters. The van der Waals surface area contributed by atoms with Gasteiger partial charge in [-0.15, -0.1) is 0 Å². The smallest absolute Gasteiger partial charge is 0.228 e. The Balaban J connectivity index is 1.91. The molecule has 0 bridgehead atoms. The third kappa shape index (κ3) is 2.80. The van der Waals surface area contributed by atoms with Crippen molar-refractivity contribution in [2.75, 3.05) is 19.9 Å². The highest BCUT2D eigenvalue weighted by atomic mass is 16.5. The first-order chi connectivity index (χ1) is 7.36. The molecule has 0 aliphatic carbocycles. The number of ether oxygens (including phenoxy) is 1. The van der Waals surface area contributed by atoms with Gasteiger partial charge in [-0.2, -0.15) is 0 Å². The monoisotopic (exact) mass is 205 g/mol. The third-order valence-corrected chi connectivity index (χ3v) is 2.51. The second kappa shape index (κ2) is 4.94. The van der Waals surface area contributed by atoms with E-state index in [1.165, 1.54) is 0 Å². The van der Waals surface area contributed by atoms with Gasteiger partial charge in [0.15, 0.2) is 0 Å². The number of carbonyl (C=O) groups is 1. The van der Waals surface area contributed by atoms with Gasteiger partial charge in [-0.1, -0.05) is 30.3 Å². The van der Waals surface area contributed by atoms with Crippen molar-refractivity contribution in [1.82, 2.24) is 4.90 Å². The molecule has 0 atom stereocenters. The topological polar surface area (TPSA) is 29.5 Å². The van der Waals surface area contributed by atoms with E-state index in [9.17, 15) is 4.79 Å². The highest BCUT2D eigenvalue weighted by Gasteiger charge is 2.16.